The molecule has 4 nitrogen and oxygen atoms in total. The molecule has 2 aromatic rings. The molecule has 1 aromatic heterocycles. The molecule has 0 bridgehead atoms. The average Bonchev–Trinajstić information content (AvgIpc) is 2.93. The van der Waals surface area contributed by atoms with Gasteiger partial charge in [-0.3, -0.25) is 4.99 Å². The minimum Gasteiger partial charge on any atom is -0.494 e. The summed E-state index contributed by atoms with van der Waals surface area (Å²) in [5.74, 6) is 0.570. The molecule has 0 amide bonds. The van der Waals surface area contributed by atoms with Gasteiger partial charge < -0.3 is 15.4 Å². The Morgan fingerprint density at radius 1 is 1.22 bits per heavy atom. The first kappa shape index (κ1) is 19.7. The van der Waals surface area contributed by atoms with Crippen LogP contribution in [0.25, 0.3) is 0 Å². The molecule has 2 N–H and O–H groups in total. The van der Waals surface area contributed by atoms with Crippen LogP contribution in [0.3, 0.4) is 0 Å². The predicted octanol–water partition coefficient (Wildman–Crippen LogP) is 3.69. The Kier molecular flexibility index (Phi) is 8.32. The monoisotopic (exact) mass is 449 g/mol. The molecule has 0 aliphatic heterocycles. The summed E-state index contributed by atoms with van der Waals surface area (Å²) in [6.45, 7) is 3.29. The molecule has 7 heteroatoms. The molecule has 126 valence electrons. The number of aliphatic imine (C=N–C) groups is 1. The number of methoxy groups -OCH3 is 1. The smallest absolute Gasteiger partial charge is 0.191 e. The average molecular weight is 449 g/mol. The zero-order chi connectivity index (χ0) is 15.9. The number of hydrogen-bond donors (Lipinski definition) is 2. The van der Waals surface area contributed by atoms with Gasteiger partial charge in [0.2, 0.25) is 0 Å². The van der Waals surface area contributed by atoms with Crippen LogP contribution in [0.2, 0.25) is 0 Å². The first-order chi connectivity index (χ1) is 10.6. The fourth-order valence-electron chi connectivity index (χ4n) is 1.98. The molecule has 0 fully saturated rings. The highest BCUT2D eigenvalue weighted by Gasteiger charge is 2.05. The summed E-state index contributed by atoms with van der Waals surface area (Å²) in [4.78, 5) is 6.69. The summed E-state index contributed by atoms with van der Waals surface area (Å²) in [5.41, 5.74) is 0.827. The molecule has 2 rings (SSSR count). The van der Waals surface area contributed by atoms with Crippen LogP contribution in [0.15, 0.2) is 35.3 Å². The Labute approximate surface area is 157 Å². The highest BCUT2D eigenvalue weighted by molar-refractivity contribution is 14.0. The van der Waals surface area contributed by atoms with E-state index < -0.39 is 0 Å². The van der Waals surface area contributed by atoms with E-state index in [9.17, 15) is 4.39 Å². The van der Waals surface area contributed by atoms with Gasteiger partial charge in [0.25, 0.3) is 0 Å². The maximum absolute atomic E-state index is 13.6. The number of halogens is 2. The number of nitrogens with one attached hydrogen (secondary N) is 2. The second kappa shape index (κ2) is 9.71. The molecule has 0 unspecified atom stereocenters. The number of ether oxygens (including phenoxy) is 1. The van der Waals surface area contributed by atoms with E-state index in [4.69, 9.17) is 4.74 Å². The summed E-state index contributed by atoms with van der Waals surface area (Å²) >= 11 is 1.75. The topological polar surface area (TPSA) is 45.7 Å². The van der Waals surface area contributed by atoms with Crippen molar-refractivity contribution in [2.45, 2.75) is 20.0 Å². The number of aryl methyl sites for hydroxylation is 1. The summed E-state index contributed by atoms with van der Waals surface area (Å²) in [7, 11) is 3.16. The Balaban J connectivity index is 0.00000264. The number of thiophene rings is 1. The minimum atomic E-state index is -0.362. The van der Waals surface area contributed by atoms with Crippen LogP contribution in [-0.4, -0.2) is 20.1 Å². The number of rotatable bonds is 5. The Bertz CT molecular complexity index is 661. The van der Waals surface area contributed by atoms with E-state index in [-0.39, 0.29) is 35.5 Å². The van der Waals surface area contributed by atoms with Crippen LogP contribution in [0.5, 0.6) is 5.75 Å². The fourth-order valence-corrected chi connectivity index (χ4v) is 2.81. The second-order valence-electron chi connectivity index (χ2n) is 4.76. The lowest BCUT2D eigenvalue weighted by Crippen LogP contribution is -2.36. The zero-order valence-corrected chi connectivity index (χ0v) is 16.5. The molecule has 0 aliphatic carbocycles. The van der Waals surface area contributed by atoms with Gasteiger partial charge in [0.15, 0.2) is 17.5 Å². The highest BCUT2D eigenvalue weighted by atomic mass is 127. The number of nitrogens with zero attached hydrogens (tertiary/aromatic N) is 1. The molecule has 0 saturated heterocycles. The number of guanidine groups is 1. The van der Waals surface area contributed by atoms with Crippen LogP contribution < -0.4 is 15.4 Å². The molecule has 0 saturated carbocycles. The third-order valence-corrected chi connectivity index (χ3v) is 4.13. The predicted molar refractivity (Wildman–Crippen MR) is 104 cm³/mol. The molecule has 0 radical (unpaired) electrons. The van der Waals surface area contributed by atoms with Gasteiger partial charge >= 0.3 is 0 Å². The Morgan fingerprint density at radius 3 is 2.52 bits per heavy atom. The van der Waals surface area contributed by atoms with Crippen LogP contribution in [0.4, 0.5) is 4.39 Å². The van der Waals surface area contributed by atoms with Crippen molar-refractivity contribution in [2.75, 3.05) is 14.2 Å². The normalized spacial score (nSPS) is 10.9. The quantitative estimate of drug-likeness (QED) is 0.416. The van der Waals surface area contributed by atoms with Crippen molar-refractivity contribution >= 4 is 41.3 Å². The van der Waals surface area contributed by atoms with Crippen LogP contribution in [0, 0.1) is 12.7 Å². The fraction of sp³-hybridized carbons (Fsp3) is 0.312. The Morgan fingerprint density at radius 2 is 1.96 bits per heavy atom. The van der Waals surface area contributed by atoms with Gasteiger partial charge in [-0.25, -0.2) is 4.39 Å². The first-order valence-electron chi connectivity index (χ1n) is 6.94. The lowest BCUT2D eigenvalue weighted by Gasteiger charge is -2.12. The van der Waals surface area contributed by atoms with Gasteiger partial charge in [-0.1, -0.05) is 6.07 Å². The van der Waals surface area contributed by atoms with Crippen molar-refractivity contribution in [3.8, 4) is 5.75 Å². The van der Waals surface area contributed by atoms with E-state index >= 15 is 0 Å². The molecule has 0 spiro atoms. The van der Waals surface area contributed by atoms with Gasteiger partial charge in [-0.15, -0.1) is 35.3 Å². The van der Waals surface area contributed by atoms with Gasteiger partial charge in [-0.2, -0.15) is 0 Å². The largest absolute Gasteiger partial charge is 0.494 e. The molecular formula is C16H21FIN3OS. The molecular weight excluding hydrogens is 428 g/mol. The molecule has 1 heterocycles. The maximum Gasteiger partial charge on any atom is 0.191 e. The second-order valence-corrected chi connectivity index (χ2v) is 6.13. The molecule has 0 aliphatic rings. The third kappa shape index (κ3) is 5.98. The molecule has 1 aromatic carbocycles. The SMILES string of the molecule is CN=C(NCc1ccc(OC)c(F)c1)NCc1ccc(C)s1.I. The van der Waals surface area contributed by atoms with Gasteiger partial charge in [0, 0.05) is 23.3 Å². The van der Waals surface area contributed by atoms with Gasteiger partial charge in [-0.05, 0) is 36.8 Å². The van der Waals surface area contributed by atoms with Crippen molar-refractivity contribution in [1.82, 2.24) is 10.6 Å². The van der Waals surface area contributed by atoms with E-state index in [1.54, 1.807) is 24.5 Å². The lowest BCUT2D eigenvalue weighted by atomic mass is 10.2. The van der Waals surface area contributed by atoms with Crippen molar-refractivity contribution in [2.24, 2.45) is 4.99 Å². The third-order valence-electron chi connectivity index (χ3n) is 3.13. The summed E-state index contributed by atoms with van der Waals surface area (Å²) in [5, 5.41) is 6.40. The zero-order valence-electron chi connectivity index (χ0n) is 13.4. The maximum atomic E-state index is 13.6. The van der Waals surface area contributed by atoms with Crippen LogP contribution in [-0.2, 0) is 13.1 Å². The summed E-state index contributed by atoms with van der Waals surface area (Å²) in [6, 6.07) is 9.10. The van der Waals surface area contributed by atoms with Crippen LogP contribution in [0.1, 0.15) is 15.3 Å². The highest BCUT2D eigenvalue weighted by Crippen LogP contribution is 2.17. The van der Waals surface area contributed by atoms with Crippen molar-refractivity contribution in [1.29, 1.82) is 0 Å². The summed E-state index contributed by atoms with van der Waals surface area (Å²) < 4.78 is 18.5. The van der Waals surface area contributed by atoms with Crippen molar-refractivity contribution in [3.05, 3.63) is 51.5 Å². The van der Waals surface area contributed by atoms with E-state index in [1.807, 2.05) is 6.07 Å². The standard InChI is InChI=1S/C16H20FN3OS.HI/c1-11-4-6-13(22-11)10-20-16(18-2)19-9-12-5-7-15(21-3)14(17)8-12;/h4-8H,9-10H2,1-3H3,(H2,18,19,20);1H. The van der Waals surface area contributed by atoms with Crippen molar-refractivity contribution in [3.63, 3.8) is 0 Å². The van der Waals surface area contributed by atoms with E-state index in [0.717, 1.165) is 12.1 Å². The van der Waals surface area contributed by atoms with E-state index in [1.165, 1.54) is 22.9 Å². The molecule has 23 heavy (non-hydrogen) atoms. The van der Waals surface area contributed by atoms with E-state index in [2.05, 4.69) is 34.7 Å². The minimum absolute atomic E-state index is 0. The Hall–Kier alpha value is -1.35. The van der Waals surface area contributed by atoms with Gasteiger partial charge in [0.1, 0.15) is 0 Å². The first-order valence-corrected chi connectivity index (χ1v) is 7.76. The van der Waals surface area contributed by atoms with Crippen LogP contribution >= 0.6 is 35.3 Å². The van der Waals surface area contributed by atoms with Gasteiger partial charge in [0.05, 0.1) is 13.7 Å². The number of hydrogen-bond acceptors (Lipinski definition) is 3. The lowest BCUT2D eigenvalue weighted by molar-refractivity contribution is 0.386. The van der Waals surface area contributed by atoms with Crippen molar-refractivity contribution < 1.29 is 9.13 Å². The van der Waals surface area contributed by atoms with E-state index in [0.29, 0.717) is 12.5 Å². The number of benzene rings is 1. The summed E-state index contributed by atoms with van der Waals surface area (Å²) in [6.07, 6.45) is 0. The molecule has 0 atom stereocenters.